The van der Waals surface area contributed by atoms with E-state index in [1.165, 1.54) is 7.05 Å². The summed E-state index contributed by atoms with van der Waals surface area (Å²) in [6.45, 7) is 0. The van der Waals surface area contributed by atoms with E-state index < -0.39 is 6.04 Å². The average molecular weight is 175 g/mol. The second kappa shape index (κ2) is 4.21. The van der Waals surface area contributed by atoms with Crippen molar-refractivity contribution in [3.05, 3.63) is 40.8 Å². The zero-order valence-corrected chi connectivity index (χ0v) is 7.21. The van der Waals surface area contributed by atoms with Crippen molar-refractivity contribution in [1.82, 2.24) is 5.01 Å². The molecule has 0 aromatic heterocycles. The van der Waals surface area contributed by atoms with Gasteiger partial charge in [-0.25, -0.2) is 5.01 Å². The number of hydrogen-bond donors (Lipinski definition) is 0. The summed E-state index contributed by atoms with van der Waals surface area (Å²) in [5, 5.41) is 12.6. The number of nitriles is 1. The Kier molecular flexibility index (Phi) is 2.98. The molecule has 0 spiro atoms. The van der Waals surface area contributed by atoms with Crippen molar-refractivity contribution in [1.29, 1.82) is 5.26 Å². The van der Waals surface area contributed by atoms with Crippen LogP contribution in [-0.4, -0.2) is 12.1 Å². The third kappa shape index (κ3) is 2.03. The van der Waals surface area contributed by atoms with Crippen molar-refractivity contribution < 1.29 is 0 Å². The van der Waals surface area contributed by atoms with Crippen LogP contribution in [0.3, 0.4) is 0 Å². The lowest BCUT2D eigenvalue weighted by molar-refractivity contribution is 0.303. The van der Waals surface area contributed by atoms with Gasteiger partial charge in [-0.2, -0.15) is 5.26 Å². The minimum Gasteiger partial charge on any atom is -0.242 e. The maximum absolute atomic E-state index is 10.2. The lowest BCUT2D eigenvalue weighted by Crippen LogP contribution is -2.16. The summed E-state index contributed by atoms with van der Waals surface area (Å²) >= 11 is 0. The van der Waals surface area contributed by atoms with Crippen LogP contribution in [0, 0.1) is 16.2 Å². The standard InChI is InChI=1S/C9H9N3O/c1-12(11-13)9(7-10)8-5-3-2-4-6-8/h2-6,9H,1H3. The monoisotopic (exact) mass is 175 g/mol. The van der Waals surface area contributed by atoms with Gasteiger partial charge in [0.25, 0.3) is 0 Å². The van der Waals surface area contributed by atoms with Crippen LogP contribution in [0.5, 0.6) is 0 Å². The van der Waals surface area contributed by atoms with Crippen LogP contribution < -0.4 is 0 Å². The molecule has 1 aromatic carbocycles. The minimum absolute atomic E-state index is 0.598. The molecule has 0 amide bonds. The summed E-state index contributed by atoms with van der Waals surface area (Å²) in [6.07, 6.45) is 0. The van der Waals surface area contributed by atoms with Crippen LogP contribution in [0.15, 0.2) is 35.6 Å². The van der Waals surface area contributed by atoms with Gasteiger partial charge >= 0.3 is 0 Å². The first-order valence-electron chi connectivity index (χ1n) is 3.80. The van der Waals surface area contributed by atoms with E-state index in [0.29, 0.717) is 0 Å². The van der Waals surface area contributed by atoms with Crippen LogP contribution in [-0.2, 0) is 0 Å². The molecule has 0 heterocycles. The first kappa shape index (κ1) is 9.20. The predicted molar refractivity (Wildman–Crippen MR) is 48.4 cm³/mol. The van der Waals surface area contributed by atoms with Gasteiger partial charge in [0.1, 0.15) is 0 Å². The van der Waals surface area contributed by atoms with E-state index in [2.05, 4.69) is 5.29 Å². The van der Waals surface area contributed by atoms with Crippen molar-refractivity contribution in [3.8, 4) is 6.07 Å². The SMILES string of the molecule is CN(N=O)C(C#N)c1ccccc1. The Hall–Kier alpha value is -1.89. The third-order valence-corrected chi connectivity index (χ3v) is 1.74. The van der Waals surface area contributed by atoms with Crippen molar-refractivity contribution in [3.63, 3.8) is 0 Å². The van der Waals surface area contributed by atoms with Crippen molar-refractivity contribution in [2.75, 3.05) is 7.05 Å². The van der Waals surface area contributed by atoms with Crippen LogP contribution >= 0.6 is 0 Å². The van der Waals surface area contributed by atoms with E-state index in [4.69, 9.17) is 5.26 Å². The highest BCUT2D eigenvalue weighted by molar-refractivity contribution is 5.23. The first-order valence-corrected chi connectivity index (χ1v) is 3.80. The third-order valence-electron chi connectivity index (χ3n) is 1.74. The van der Waals surface area contributed by atoms with Crippen molar-refractivity contribution in [2.24, 2.45) is 5.29 Å². The lowest BCUT2D eigenvalue weighted by atomic mass is 10.1. The van der Waals surface area contributed by atoms with Gasteiger partial charge in [-0.15, -0.1) is 4.91 Å². The van der Waals surface area contributed by atoms with Gasteiger partial charge in [-0.05, 0) is 5.56 Å². The van der Waals surface area contributed by atoms with Crippen LogP contribution in [0.4, 0.5) is 0 Å². The van der Waals surface area contributed by atoms with Crippen molar-refractivity contribution in [2.45, 2.75) is 6.04 Å². The number of benzene rings is 1. The molecule has 0 saturated carbocycles. The Morgan fingerprint density at radius 2 is 2.08 bits per heavy atom. The molecule has 0 aliphatic heterocycles. The summed E-state index contributed by atoms with van der Waals surface area (Å²) in [4.78, 5) is 10.2. The van der Waals surface area contributed by atoms with Gasteiger partial charge in [0.15, 0.2) is 6.04 Å². The molecule has 0 saturated heterocycles. The first-order chi connectivity index (χ1) is 6.29. The van der Waals surface area contributed by atoms with Gasteiger partial charge in [0, 0.05) is 7.05 Å². The Morgan fingerprint density at radius 1 is 1.46 bits per heavy atom. The molecule has 66 valence electrons. The highest BCUT2D eigenvalue weighted by atomic mass is 16.3. The van der Waals surface area contributed by atoms with E-state index in [-0.39, 0.29) is 0 Å². The molecule has 0 fully saturated rings. The quantitative estimate of drug-likeness (QED) is 0.520. The second-order valence-corrected chi connectivity index (χ2v) is 2.60. The minimum atomic E-state index is -0.598. The van der Waals surface area contributed by atoms with Crippen LogP contribution in [0.2, 0.25) is 0 Å². The Bertz CT molecular complexity index is 317. The van der Waals surface area contributed by atoms with Gasteiger partial charge < -0.3 is 0 Å². The molecule has 0 N–H and O–H groups in total. The molecule has 13 heavy (non-hydrogen) atoms. The molecule has 1 atom stereocenters. The number of nitroso groups, excluding NO2 is 1. The molecular weight excluding hydrogens is 166 g/mol. The Balaban J connectivity index is 2.93. The summed E-state index contributed by atoms with van der Waals surface area (Å²) < 4.78 is 0. The summed E-state index contributed by atoms with van der Waals surface area (Å²) in [5.74, 6) is 0. The van der Waals surface area contributed by atoms with Crippen molar-refractivity contribution >= 4 is 0 Å². The molecule has 1 rings (SSSR count). The summed E-state index contributed by atoms with van der Waals surface area (Å²) in [7, 11) is 1.48. The predicted octanol–water partition coefficient (Wildman–Crippen LogP) is 1.86. The Labute approximate surface area is 76.3 Å². The largest absolute Gasteiger partial charge is 0.242 e. The van der Waals surface area contributed by atoms with E-state index in [0.717, 1.165) is 10.6 Å². The van der Waals surface area contributed by atoms with E-state index >= 15 is 0 Å². The molecule has 0 bridgehead atoms. The smallest absolute Gasteiger partial charge is 0.161 e. The zero-order chi connectivity index (χ0) is 9.68. The van der Waals surface area contributed by atoms with E-state index in [1.807, 2.05) is 24.3 Å². The topological polar surface area (TPSA) is 56.5 Å². The van der Waals surface area contributed by atoms with E-state index in [1.54, 1.807) is 12.1 Å². The Morgan fingerprint density at radius 3 is 2.54 bits per heavy atom. The number of rotatable bonds is 3. The fourth-order valence-electron chi connectivity index (χ4n) is 1.06. The number of nitrogens with zero attached hydrogens (tertiary/aromatic N) is 3. The molecular formula is C9H9N3O. The maximum Gasteiger partial charge on any atom is 0.161 e. The molecule has 4 heteroatoms. The van der Waals surface area contributed by atoms with Gasteiger partial charge in [0.2, 0.25) is 0 Å². The highest BCUT2D eigenvalue weighted by Crippen LogP contribution is 2.17. The normalized spacial score (nSPS) is 11.4. The number of hydrogen-bond acceptors (Lipinski definition) is 3. The summed E-state index contributed by atoms with van der Waals surface area (Å²) in [5.41, 5.74) is 0.770. The van der Waals surface area contributed by atoms with Gasteiger partial charge in [0.05, 0.1) is 11.4 Å². The molecule has 1 unspecified atom stereocenters. The molecule has 1 aromatic rings. The van der Waals surface area contributed by atoms with Gasteiger partial charge in [-0.1, -0.05) is 30.3 Å². The van der Waals surface area contributed by atoms with Gasteiger partial charge in [-0.3, -0.25) is 0 Å². The fourth-order valence-corrected chi connectivity index (χ4v) is 1.06. The maximum atomic E-state index is 10.2. The van der Waals surface area contributed by atoms with Crippen LogP contribution in [0.25, 0.3) is 0 Å². The second-order valence-electron chi connectivity index (χ2n) is 2.60. The lowest BCUT2D eigenvalue weighted by Gasteiger charge is -2.15. The van der Waals surface area contributed by atoms with Crippen LogP contribution in [0.1, 0.15) is 11.6 Å². The van der Waals surface area contributed by atoms with E-state index in [9.17, 15) is 4.91 Å². The molecule has 4 nitrogen and oxygen atoms in total. The average Bonchev–Trinajstić information content (AvgIpc) is 2.20. The zero-order valence-electron chi connectivity index (χ0n) is 7.21. The molecule has 0 aliphatic carbocycles. The molecule has 0 radical (unpaired) electrons. The fraction of sp³-hybridized carbons (Fsp3) is 0.222. The highest BCUT2D eigenvalue weighted by Gasteiger charge is 2.14. The summed E-state index contributed by atoms with van der Waals surface area (Å²) in [6, 6.07) is 10.5. The molecule has 0 aliphatic rings.